The molecule has 2 heterocycles. The van der Waals surface area contributed by atoms with Crippen LogP contribution in [0.1, 0.15) is 19.0 Å². The maximum absolute atomic E-state index is 4.46. The summed E-state index contributed by atoms with van der Waals surface area (Å²) in [5.74, 6) is 1.53. The van der Waals surface area contributed by atoms with Crippen LogP contribution < -0.4 is 5.32 Å². The minimum Gasteiger partial charge on any atom is -0.370 e. The minimum absolute atomic E-state index is 0.671. The van der Waals surface area contributed by atoms with Crippen molar-refractivity contribution < 1.29 is 0 Å². The summed E-state index contributed by atoms with van der Waals surface area (Å²) in [5, 5.41) is 3.27. The fourth-order valence-corrected chi connectivity index (χ4v) is 1.52. The van der Waals surface area contributed by atoms with Gasteiger partial charge < -0.3 is 5.32 Å². The average molecular weight is 228 g/mol. The quantitative estimate of drug-likeness (QED) is 0.874. The highest BCUT2D eigenvalue weighted by molar-refractivity contribution is 5.52. The first-order valence-corrected chi connectivity index (χ1v) is 5.80. The van der Waals surface area contributed by atoms with Crippen LogP contribution in [0, 0.1) is 6.92 Å². The Balaban J connectivity index is 2.32. The minimum atomic E-state index is 0.671. The summed E-state index contributed by atoms with van der Waals surface area (Å²) in [6.45, 7) is 5.00. The highest BCUT2D eigenvalue weighted by atomic mass is 15.0. The van der Waals surface area contributed by atoms with Gasteiger partial charge in [0.1, 0.15) is 11.5 Å². The highest BCUT2D eigenvalue weighted by Gasteiger charge is 2.05. The fraction of sp³-hybridized carbons (Fsp3) is 0.308. The van der Waals surface area contributed by atoms with Gasteiger partial charge in [-0.2, -0.15) is 0 Å². The Morgan fingerprint density at radius 3 is 2.82 bits per heavy atom. The van der Waals surface area contributed by atoms with Gasteiger partial charge in [0, 0.05) is 24.5 Å². The lowest BCUT2D eigenvalue weighted by atomic mass is 10.3. The summed E-state index contributed by atoms with van der Waals surface area (Å²) < 4.78 is 0. The smallest absolute Gasteiger partial charge is 0.180 e. The Hall–Kier alpha value is -1.97. The molecular formula is C13H16N4. The molecule has 0 bridgehead atoms. The fourth-order valence-electron chi connectivity index (χ4n) is 1.52. The zero-order chi connectivity index (χ0) is 12.1. The van der Waals surface area contributed by atoms with Crippen molar-refractivity contribution in [2.45, 2.75) is 20.3 Å². The summed E-state index contributed by atoms with van der Waals surface area (Å²) in [6, 6.07) is 7.68. The van der Waals surface area contributed by atoms with Gasteiger partial charge in [-0.25, -0.2) is 9.97 Å². The van der Waals surface area contributed by atoms with Crippen LogP contribution in [0.4, 0.5) is 5.82 Å². The zero-order valence-corrected chi connectivity index (χ0v) is 10.1. The predicted molar refractivity (Wildman–Crippen MR) is 68.8 cm³/mol. The molecule has 0 aromatic carbocycles. The first-order valence-electron chi connectivity index (χ1n) is 5.80. The maximum atomic E-state index is 4.46. The number of aromatic nitrogens is 3. The van der Waals surface area contributed by atoms with Crippen LogP contribution >= 0.6 is 0 Å². The lowest BCUT2D eigenvalue weighted by molar-refractivity contribution is 0.961. The van der Waals surface area contributed by atoms with Crippen molar-refractivity contribution in [3.8, 4) is 11.5 Å². The summed E-state index contributed by atoms with van der Waals surface area (Å²) >= 11 is 0. The molecule has 0 spiro atoms. The number of pyridine rings is 1. The zero-order valence-electron chi connectivity index (χ0n) is 10.1. The molecule has 2 aromatic heterocycles. The molecule has 0 atom stereocenters. The van der Waals surface area contributed by atoms with Gasteiger partial charge in [-0.1, -0.05) is 13.0 Å². The van der Waals surface area contributed by atoms with Gasteiger partial charge in [-0.15, -0.1) is 0 Å². The molecule has 4 heteroatoms. The second-order valence-electron chi connectivity index (χ2n) is 3.86. The third-order valence-electron chi connectivity index (χ3n) is 2.30. The Labute approximate surface area is 101 Å². The number of anilines is 1. The molecule has 0 unspecified atom stereocenters. The normalized spacial score (nSPS) is 10.2. The third-order valence-corrected chi connectivity index (χ3v) is 2.30. The molecule has 17 heavy (non-hydrogen) atoms. The van der Waals surface area contributed by atoms with E-state index in [-0.39, 0.29) is 0 Å². The second kappa shape index (κ2) is 5.39. The van der Waals surface area contributed by atoms with Gasteiger partial charge in [0.15, 0.2) is 5.82 Å². The van der Waals surface area contributed by atoms with E-state index in [0.717, 1.165) is 30.2 Å². The van der Waals surface area contributed by atoms with Crippen molar-refractivity contribution in [3.05, 3.63) is 36.2 Å². The number of hydrogen-bond acceptors (Lipinski definition) is 4. The topological polar surface area (TPSA) is 50.7 Å². The standard InChI is InChI=1S/C13H16N4/c1-3-7-15-12-9-10(2)16-13(17-12)11-6-4-5-8-14-11/h4-6,8-9H,3,7H2,1-2H3,(H,15,16,17). The first kappa shape index (κ1) is 11.5. The molecule has 0 saturated carbocycles. The molecule has 0 aliphatic rings. The van der Waals surface area contributed by atoms with E-state index in [1.54, 1.807) is 6.20 Å². The van der Waals surface area contributed by atoms with E-state index in [1.165, 1.54) is 0 Å². The van der Waals surface area contributed by atoms with Crippen LogP contribution in [-0.2, 0) is 0 Å². The third kappa shape index (κ3) is 3.00. The number of hydrogen-bond donors (Lipinski definition) is 1. The number of nitrogens with zero attached hydrogens (tertiary/aromatic N) is 3. The molecule has 0 fully saturated rings. The van der Waals surface area contributed by atoms with Crippen LogP contribution in [0.15, 0.2) is 30.5 Å². The lowest BCUT2D eigenvalue weighted by Gasteiger charge is -2.07. The van der Waals surface area contributed by atoms with E-state index in [1.807, 2.05) is 31.2 Å². The van der Waals surface area contributed by atoms with Crippen molar-refractivity contribution in [3.63, 3.8) is 0 Å². The Morgan fingerprint density at radius 1 is 1.24 bits per heavy atom. The first-order chi connectivity index (χ1) is 8.29. The Morgan fingerprint density at radius 2 is 2.12 bits per heavy atom. The van der Waals surface area contributed by atoms with E-state index in [2.05, 4.69) is 27.2 Å². The molecule has 2 aromatic rings. The number of nitrogens with one attached hydrogen (secondary N) is 1. The van der Waals surface area contributed by atoms with E-state index in [4.69, 9.17) is 0 Å². The molecule has 1 N–H and O–H groups in total. The molecule has 0 aliphatic heterocycles. The molecule has 0 radical (unpaired) electrons. The second-order valence-corrected chi connectivity index (χ2v) is 3.86. The van der Waals surface area contributed by atoms with E-state index in [0.29, 0.717) is 5.82 Å². The molecule has 0 saturated heterocycles. The van der Waals surface area contributed by atoms with Crippen LogP contribution in [0.25, 0.3) is 11.5 Å². The van der Waals surface area contributed by atoms with Crippen molar-refractivity contribution in [2.75, 3.05) is 11.9 Å². The van der Waals surface area contributed by atoms with Gasteiger partial charge in [0.25, 0.3) is 0 Å². The van der Waals surface area contributed by atoms with Crippen molar-refractivity contribution in [1.29, 1.82) is 0 Å². The number of rotatable bonds is 4. The Bertz CT molecular complexity index is 482. The van der Waals surface area contributed by atoms with Crippen molar-refractivity contribution in [2.24, 2.45) is 0 Å². The molecule has 88 valence electrons. The van der Waals surface area contributed by atoms with Gasteiger partial charge in [0.2, 0.25) is 0 Å². The monoisotopic (exact) mass is 228 g/mol. The van der Waals surface area contributed by atoms with Crippen LogP contribution in [0.5, 0.6) is 0 Å². The highest BCUT2D eigenvalue weighted by Crippen LogP contribution is 2.15. The SMILES string of the molecule is CCCNc1cc(C)nc(-c2ccccn2)n1. The average Bonchev–Trinajstić information content (AvgIpc) is 2.37. The Kier molecular flexibility index (Phi) is 3.65. The van der Waals surface area contributed by atoms with E-state index >= 15 is 0 Å². The number of aryl methyl sites for hydroxylation is 1. The summed E-state index contributed by atoms with van der Waals surface area (Å²) in [5.41, 5.74) is 1.75. The van der Waals surface area contributed by atoms with E-state index in [9.17, 15) is 0 Å². The van der Waals surface area contributed by atoms with Crippen molar-refractivity contribution in [1.82, 2.24) is 15.0 Å². The summed E-state index contributed by atoms with van der Waals surface area (Å²) in [6.07, 6.45) is 2.82. The van der Waals surface area contributed by atoms with Gasteiger partial charge in [-0.05, 0) is 25.5 Å². The summed E-state index contributed by atoms with van der Waals surface area (Å²) in [7, 11) is 0. The summed E-state index contributed by atoms with van der Waals surface area (Å²) in [4.78, 5) is 13.1. The van der Waals surface area contributed by atoms with Crippen LogP contribution in [0.3, 0.4) is 0 Å². The lowest BCUT2D eigenvalue weighted by Crippen LogP contribution is -2.04. The molecule has 2 rings (SSSR count). The molecule has 0 amide bonds. The van der Waals surface area contributed by atoms with Gasteiger partial charge in [-0.3, -0.25) is 4.98 Å². The van der Waals surface area contributed by atoms with E-state index < -0.39 is 0 Å². The van der Waals surface area contributed by atoms with Gasteiger partial charge in [0.05, 0.1) is 0 Å². The molecule has 0 aliphatic carbocycles. The predicted octanol–water partition coefficient (Wildman–Crippen LogP) is 2.67. The van der Waals surface area contributed by atoms with Gasteiger partial charge >= 0.3 is 0 Å². The maximum Gasteiger partial charge on any atom is 0.180 e. The van der Waals surface area contributed by atoms with Crippen molar-refractivity contribution >= 4 is 5.82 Å². The van der Waals surface area contributed by atoms with Crippen LogP contribution in [-0.4, -0.2) is 21.5 Å². The molecule has 4 nitrogen and oxygen atoms in total. The largest absolute Gasteiger partial charge is 0.370 e. The van der Waals surface area contributed by atoms with Crippen LogP contribution in [0.2, 0.25) is 0 Å². The molecular weight excluding hydrogens is 212 g/mol.